The summed E-state index contributed by atoms with van der Waals surface area (Å²) in [6.07, 6.45) is 7.14. The van der Waals surface area contributed by atoms with Crippen LogP contribution in [0, 0.1) is 6.92 Å². The zero-order valence-electron chi connectivity index (χ0n) is 16.6. The van der Waals surface area contributed by atoms with Crippen molar-refractivity contribution in [2.45, 2.75) is 39.0 Å². The van der Waals surface area contributed by atoms with Crippen LogP contribution >= 0.6 is 24.0 Å². The summed E-state index contributed by atoms with van der Waals surface area (Å²) in [5.74, 6) is 1.09. The fourth-order valence-corrected chi connectivity index (χ4v) is 3.62. The van der Waals surface area contributed by atoms with E-state index in [-0.39, 0.29) is 24.0 Å². The van der Waals surface area contributed by atoms with E-state index < -0.39 is 0 Å². The molecule has 5 nitrogen and oxygen atoms in total. The molecule has 1 aliphatic carbocycles. The monoisotopic (exact) mass is 502 g/mol. The molecule has 4 rings (SSSR count). The van der Waals surface area contributed by atoms with Gasteiger partial charge in [-0.15, -0.1) is 24.0 Å². The van der Waals surface area contributed by atoms with Gasteiger partial charge in [-0.3, -0.25) is 4.99 Å². The zero-order chi connectivity index (χ0) is 19.3. The number of hydrogen-bond acceptors (Lipinski definition) is 3. The normalized spacial score (nSPS) is 13.5. The predicted octanol–water partition coefficient (Wildman–Crippen LogP) is 5.12. The number of oxazole rings is 1. The van der Waals surface area contributed by atoms with Gasteiger partial charge in [0.2, 0.25) is 5.89 Å². The second-order valence-corrected chi connectivity index (χ2v) is 7.30. The van der Waals surface area contributed by atoms with Gasteiger partial charge in [-0.25, -0.2) is 4.98 Å². The summed E-state index contributed by atoms with van der Waals surface area (Å²) in [7, 11) is 0. The lowest BCUT2D eigenvalue weighted by atomic mass is 9.90. The van der Waals surface area contributed by atoms with Gasteiger partial charge in [0, 0.05) is 24.2 Å². The highest BCUT2D eigenvalue weighted by Crippen LogP contribution is 2.27. The number of aliphatic imine (C=N–C) groups is 1. The summed E-state index contributed by atoms with van der Waals surface area (Å²) in [6.45, 7) is 2.63. The highest BCUT2D eigenvalue weighted by molar-refractivity contribution is 14.0. The third-order valence-corrected chi connectivity index (χ3v) is 5.16. The first-order chi connectivity index (χ1) is 13.7. The van der Waals surface area contributed by atoms with E-state index in [1.165, 1.54) is 29.5 Å². The number of nitrogens with zero attached hydrogens (tertiary/aromatic N) is 2. The lowest BCUT2D eigenvalue weighted by Crippen LogP contribution is -2.24. The Hall–Kier alpha value is -2.35. The summed E-state index contributed by atoms with van der Waals surface area (Å²) in [4.78, 5) is 9.01. The molecule has 1 aliphatic rings. The SMILES string of the molecule is Cc1ccc(-c2nc(CCN=C(N)Nc3cccc4c3CCCC4)co2)cc1.I. The van der Waals surface area contributed by atoms with Crippen LogP contribution in [0.5, 0.6) is 0 Å². The molecule has 0 radical (unpaired) electrons. The van der Waals surface area contributed by atoms with Gasteiger partial charge in [-0.1, -0.05) is 29.8 Å². The molecule has 0 atom stereocenters. The Kier molecular flexibility index (Phi) is 7.30. The van der Waals surface area contributed by atoms with E-state index in [1.807, 2.05) is 12.1 Å². The molecule has 6 heteroatoms. The molecular weight excluding hydrogens is 475 g/mol. The molecule has 2 aromatic carbocycles. The molecule has 0 saturated carbocycles. The van der Waals surface area contributed by atoms with Crippen LogP contribution in [0.1, 0.15) is 35.2 Å². The van der Waals surface area contributed by atoms with Crippen molar-refractivity contribution in [1.82, 2.24) is 4.98 Å². The molecule has 1 heterocycles. The quantitative estimate of drug-likeness (QED) is 0.289. The highest BCUT2D eigenvalue weighted by Gasteiger charge is 2.13. The second-order valence-electron chi connectivity index (χ2n) is 7.30. The molecule has 3 aromatic rings. The molecule has 0 amide bonds. The minimum absolute atomic E-state index is 0. The molecule has 1 aromatic heterocycles. The minimum atomic E-state index is 0. The maximum Gasteiger partial charge on any atom is 0.226 e. The van der Waals surface area contributed by atoms with Crippen LogP contribution in [-0.4, -0.2) is 17.5 Å². The van der Waals surface area contributed by atoms with Crippen LogP contribution in [0.4, 0.5) is 5.69 Å². The van der Waals surface area contributed by atoms with Gasteiger partial charge in [-0.05, 0) is 61.9 Å². The number of hydrogen-bond donors (Lipinski definition) is 2. The second kappa shape index (κ2) is 9.91. The van der Waals surface area contributed by atoms with E-state index in [9.17, 15) is 0 Å². The smallest absolute Gasteiger partial charge is 0.226 e. The summed E-state index contributed by atoms with van der Waals surface area (Å²) >= 11 is 0. The number of rotatable bonds is 5. The van der Waals surface area contributed by atoms with E-state index in [0.29, 0.717) is 24.8 Å². The molecule has 0 fully saturated rings. The Morgan fingerprint density at radius 3 is 2.76 bits per heavy atom. The third kappa shape index (κ3) is 5.38. The number of guanidine groups is 1. The van der Waals surface area contributed by atoms with Gasteiger partial charge >= 0.3 is 0 Å². The van der Waals surface area contributed by atoms with Crippen molar-refractivity contribution in [2.75, 3.05) is 11.9 Å². The molecule has 3 N–H and O–H groups in total. The number of benzene rings is 2. The Bertz CT molecular complexity index is 979. The van der Waals surface area contributed by atoms with Crippen molar-refractivity contribution in [3.05, 3.63) is 71.1 Å². The van der Waals surface area contributed by atoms with Crippen LogP contribution < -0.4 is 11.1 Å². The van der Waals surface area contributed by atoms with Gasteiger partial charge in [0.15, 0.2) is 5.96 Å². The van der Waals surface area contributed by atoms with Crippen molar-refractivity contribution in [1.29, 1.82) is 0 Å². The third-order valence-electron chi connectivity index (χ3n) is 5.16. The molecule has 0 aliphatic heterocycles. The molecule has 29 heavy (non-hydrogen) atoms. The van der Waals surface area contributed by atoms with Crippen LogP contribution in [0.25, 0.3) is 11.5 Å². The first-order valence-electron chi connectivity index (χ1n) is 9.88. The Labute approximate surface area is 188 Å². The van der Waals surface area contributed by atoms with Crippen molar-refractivity contribution in [2.24, 2.45) is 10.7 Å². The van der Waals surface area contributed by atoms with Crippen LogP contribution in [0.3, 0.4) is 0 Å². The van der Waals surface area contributed by atoms with Gasteiger partial charge in [-0.2, -0.15) is 0 Å². The lowest BCUT2D eigenvalue weighted by molar-refractivity contribution is 0.572. The average Bonchev–Trinajstić information content (AvgIpc) is 3.18. The van der Waals surface area contributed by atoms with E-state index >= 15 is 0 Å². The molecule has 0 saturated heterocycles. The van der Waals surface area contributed by atoms with E-state index in [2.05, 4.69) is 52.5 Å². The summed E-state index contributed by atoms with van der Waals surface area (Å²) < 4.78 is 5.60. The topological polar surface area (TPSA) is 76.4 Å². The van der Waals surface area contributed by atoms with Gasteiger partial charge in [0.25, 0.3) is 0 Å². The molecule has 0 bridgehead atoms. The van der Waals surface area contributed by atoms with Crippen LogP contribution in [-0.2, 0) is 19.3 Å². The first kappa shape index (κ1) is 21.4. The van der Waals surface area contributed by atoms with Crippen LogP contribution in [0.15, 0.2) is 58.1 Å². The number of nitrogens with one attached hydrogen (secondary N) is 1. The Balaban J connectivity index is 0.00000240. The Morgan fingerprint density at radius 1 is 1.14 bits per heavy atom. The zero-order valence-corrected chi connectivity index (χ0v) is 19.0. The number of aromatic nitrogens is 1. The van der Waals surface area contributed by atoms with Crippen molar-refractivity contribution >= 4 is 35.6 Å². The lowest BCUT2D eigenvalue weighted by Gasteiger charge is -2.19. The van der Waals surface area contributed by atoms with Crippen molar-refractivity contribution < 1.29 is 4.42 Å². The fourth-order valence-electron chi connectivity index (χ4n) is 3.62. The number of aryl methyl sites for hydroxylation is 2. The maximum atomic E-state index is 6.11. The van der Waals surface area contributed by atoms with Crippen molar-refractivity contribution in [3.63, 3.8) is 0 Å². The predicted molar refractivity (Wildman–Crippen MR) is 129 cm³/mol. The fraction of sp³-hybridized carbons (Fsp3) is 0.304. The van der Waals surface area contributed by atoms with E-state index in [0.717, 1.165) is 29.8 Å². The molecular formula is C23H27IN4O. The van der Waals surface area contributed by atoms with Gasteiger partial charge in [0.05, 0.1) is 5.69 Å². The minimum Gasteiger partial charge on any atom is -0.444 e. The number of halogens is 1. The molecule has 0 spiro atoms. The average molecular weight is 502 g/mol. The molecule has 152 valence electrons. The van der Waals surface area contributed by atoms with E-state index in [1.54, 1.807) is 6.26 Å². The Morgan fingerprint density at radius 2 is 1.93 bits per heavy atom. The first-order valence-corrected chi connectivity index (χ1v) is 9.88. The van der Waals surface area contributed by atoms with Gasteiger partial charge in [0.1, 0.15) is 6.26 Å². The largest absolute Gasteiger partial charge is 0.444 e. The summed E-state index contributed by atoms with van der Waals surface area (Å²) in [6, 6.07) is 14.5. The van der Waals surface area contributed by atoms with Crippen LogP contribution in [0.2, 0.25) is 0 Å². The molecule has 0 unspecified atom stereocenters. The standard InChI is InChI=1S/C23H26N4O.HI/c1-16-9-11-18(12-10-16)22-26-19(15-28-22)13-14-25-23(24)27-21-8-4-6-17-5-2-3-7-20(17)21;/h4,6,8-12,15H,2-3,5,7,13-14H2,1H3,(H3,24,25,27);1H. The maximum absolute atomic E-state index is 6.11. The van der Waals surface area contributed by atoms with Crippen molar-refractivity contribution in [3.8, 4) is 11.5 Å². The number of nitrogens with two attached hydrogens (primary N) is 1. The summed E-state index contributed by atoms with van der Waals surface area (Å²) in [5.41, 5.74) is 13.1. The highest BCUT2D eigenvalue weighted by atomic mass is 127. The summed E-state index contributed by atoms with van der Waals surface area (Å²) in [5, 5.41) is 3.28. The van der Waals surface area contributed by atoms with Gasteiger partial charge < -0.3 is 15.5 Å². The van der Waals surface area contributed by atoms with E-state index in [4.69, 9.17) is 10.2 Å². The number of anilines is 1. The number of fused-ring (bicyclic) bond motifs is 1.